The highest BCUT2D eigenvalue weighted by Crippen LogP contribution is 2.08. The van der Waals surface area contributed by atoms with E-state index < -0.39 is 0 Å². The van der Waals surface area contributed by atoms with Crippen LogP contribution in [-0.2, 0) is 0 Å². The van der Waals surface area contributed by atoms with Gasteiger partial charge in [0.2, 0.25) is 0 Å². The van der Waals surface area contributed by atoms with Crippen LogP contribution < -0.4 is 0 Å². The average molecular weight is 144 g/mol. The SMILES string of the molecule is C=C1C(Cl)=NC=NN1C. The van der Waals surface area contributed by atoms with Crippen LogP contribution in [0.3, 0.4) is 0 Å². The smallest absolute Gasteiger partial charge is 0.155 e. The minimum absolute atomic E-state index is 0.396. The van der Waals surface area contributed by atoms with E-state index in [-0.39, 0.29) is 0 Å². The molecule has 0 unspecified atom stereocenters. The number of hydrogen-bond acceptors (Lipinski definition) is 3. The predicted molar refractivity (Wildman–Crippen MR) is 38.7 cm³/mol. The zero-order chi connectivity index (χ0) is 6.85. The zero-order valence-corrected chi connectivity index (χ0v) is 5.76. The molecule has 0 amide bonds. The van der Waals surface area contributed by atoms with Gasteiger partial charge in [-0.05, 0) is 0 Å². The molecule has 1 rings (SSSR count). The van der Waals surface area contributed by atoms with Gasteiger partial charge in [-0.2, -0.15) is 5.10 Å². The monoisotopic (exact) mass is 143 g/mol. The largest absolute Gasteiger partial charge is 0.265 e. The maximum Gasteiger partial charge on any atom is 0.155 e. The Balaban J connectivity index is 2.86. The summed E-state index contributed by atoms with van der Waals surface area (Å²) in [5.41, 5.74) is 0.624. The summed E-state index contributed by atoms with van der Waals surface area (Å²) in [6.45, 7) is 3.63. The van der Waals surface area contributed by atoms with Crippen molar-refractivity contribution in [2.24, 2.45) is 10.1 Å². The van der Waals surface area contributed by atoms with Crippen LogP contribution in [0.15, 0.2) is 22.4 Å². The number of halogens is 1. The minimum atomic E-state index is 0.396. The van der Waals surface area contributed by atoms with E-state index in [1.165, 1.54) is 6.34 Å². The average Bonchev–Trinajstić information content (AvgIpc) is 1.83. The molecule has 0 radical (unpaired) electrons. The summed E-state index contributed by atoms with van der Waals surface area (Å²) in [5.74, 6) is 0. The number of allylic oxidation sites excluding steroid dienone is 1. The van der Waals surface area contributed by atoms with Gasteiger partial charge in [0, 0.05) is 7.05 Å². The van der Waals surface area contributed by atoms with Gasteiger partial charge in [-0.1, -0.05) is 18.2 Å². The van der Waals surface area contributed by atoms with E-state index in [0.29, 0.717) is 10.9 Å². The van der Waals surface area contributed by atoms with E-state index in [4.69, 9.17) is 11.6 Å². The maximum absolute atomic E-state index is 5.58. The fraction of sp³-hybridized carbons (Fsp3) is 0.200. The van der Waals surface area contributed by atoms with E-state index in [1.54, 1.807) is 12.1 Å². The number of aliphatic imine (C=N–C) groups is 1. The Labute approximate surface area is 58.3 Å². The third-order valence-corrected chi connectivity index (χ3v) is 1.34. The molecule has 3 nitrogen and oxygen atoms in total. The number of nitrogens with zero attached hydrogens (tertiary/aromatic N) is 3. The molecule has 48 valence electrons. The van der Waals surface area contributed by atoms with Gasteiger partial charge in [0.1, 0.15) is 6.34 Å². The van der Waals surface area contributed by atoms with Gasteiger partial charge in [0.05, 0.1) is 5.70 Å². The molecule has 0 aromatic carbocycles. The third-order valence-electron chi connectivity index (χ3n) is 1.02. The van der Waals surface area contributed by atoms with Gasteiger partial charge in [-0.25, -0.2) is 4.99 Å². The normalized spacial score (nSPS) is 18.2. The zero-order valence-electron chi connectivity index (χ0n) is 5.00. The van der Waals surface area contributed by atoms with Gasteiger partial charge in [0.15, 0.2) is 5.17 Å². The lowest BCUT2D eigenvalue weighted by Crippen LogP contribution is -2.17. The van der Waals surface area contributed by atoms with Crippen LogP contribution in [-0.4, -0.2) is 23.6 Å². The molecule has 1 aliphatic heterocycles. The van der Waals surface area contributed by atoms with Crippen molar-refractivity contribution in [3.63, 3.8) is 0 Å². The summed E-state index contributed by atoms with van der Waals surface area (Å²) in [4.78, 5) is 3.71. The maximum atomic E-state index is 5.58. The van der Waals surface area contributed by atoms with Crippen LogP contribution >= 0.6 is 11.6 Å². The Morgan fingerprint density at radius 2 is 2.44 bits per heavy atom. The van der Waals surface area contributed by atoms with E-state index in [0.717, 1.165) is 0 Å². The second kappa shape index (κ2) is 2.19. The van der Waals surface area contributed by atoms with Crippen molar-refractivity contribution < 1.29 is 0 Å². The molecule has 0 atom stereocenters. The Kier molecular flexibility index (Phi) is 1.53. The van der Waals surface area contributed by atoms with Gasteiger partial charge in [0.25, 0.3) is 0 Å². The standard InChI is InChI=1S/C5H6ClN3/c1-4-5(6)7-3-8-9(4)2/h3H,1H2,2H3. The summed E-state index contributed by atoms with van der Waals surface area (Å²) in [7, 11) is 1.76. The highest BCUT2D eigenvalue weighted by molar-refractivity contribution is 6.70. The summed E-state index contributed by atoms with van der Waals surface area (Å²) < 4.78 is 0. The first kappa shape index (κ1) is 6.29. The molecule has 0 fully saturated rings. The second-order valence-corrected chi connectivity index (χ2v) is 1.98. The Morgan fingerprint density at radius 3 is 2.89 bits per heavy atom. The quantitative estimate of drug-likeness (QED) is 0.498. The predicted octanol–water partition coefficient (Wildman–Crippen LogP) is 1.03. The van der Waals surface area contributed by atoms with Gasteiger partial charge < -0.3 is 0 Å². The molecule has 0 aromatic rings. The summed E-state index contributed by atoms with van der Waals surface area (Å²) in [5, 5.41) is 5.76. The Hall–Kier alpha value is -0.830. The van der Waals surface area contributed by atoms with Crippen LogP contribution in [0.4, 0.5) is 0 Å². The Bertz CT molecular complexity index is 194. The summed E-state index contributed by atoms with van der Waals surface area (Å²) in [6, 6.07) is 0. The lowest BCUT2D eigenvalue weighted by Gasteiger charge is -2.15. The van der Waals surface area contributed by atoms with Crippen molar-refractivity contribution in [3.05, 3.63) is 12.3 Å². The summed E-state index contributed by atoms with van der Waals surface area (Å²) in [6.07, 6.45) is 1.39. The topological polar surface area (TPSA) is 28.0 Å². The van der Waals surface area contributed by atoms with E-state index >= 15 is 0 Å². The first-order valence-corrected chi connectivity index (χ1v) is 2.78. The molecule has 0 spiro atoms. The van der Waals surface area contributed by atoms with Crippen molar-refractivity contribution >= 4 is 23.1 Å². The Morgan fingerprint density at radius 1 is 1.78 bits per heavy atom. The molecule has 0 bridgehead atoms. The minimum Gasteiger partial charge on any atom is -0.265 e. The van der Waals surface area contributed by atoms with Crippen molar-refractivity contribution in [2.75, 3.05) is 7.05 Å². The first-order chi connectivity index (χ1) is 4.22. The summed E-state index contributed by atoms with van der Waals surface area (Å²) >= 11 is 5.58. The van der Waals surface area contributed by atoms with Gasteiger partial charge in [-0.3, -0.25) is 5.01 Å². The highest BCUT2D eigenvalue weighted by atomic mass is 35.5. The van der Waals surface area contributed by atoms with Crippen molar-refractivity contribution in [2.45, 2.75) is 0 Å². The molecule has 0 aromatic heterocycles. The molecule has 0 saturated heterocycles. The molecular weight excluding hydrogens is 138 g/mol. The molecule has 0 aliphatic carbocycles. The van der Waals surface area contributed by atoms with Crippen molar-refractivity contribution in [1.29, 1.82) is 0 Å². The van der Waals surface area contributed by atoms with Crippen LogP contribution in [0.25, 0.3) is 0 Å². The molecule has 1 heterocycles. The van der Waals surface area contributed by atoms with Crippen molar-refractivity contribution in [3.8, 4) is 0 Å². The number of hydrogen-bond donors (Lipinski definition) is 0. The highest BCUT2D eigenvalue weighted by Gasteiger charge is 2.07. The molecule has 0 N–H and O–H groups in total. The molecule has 1 aliphatic rings. The molecule has 4 heteroatoms. The lowest BCUT2D eigenvalue weighted by molar-refractivity contribution is 0.470. The van der Waals surface area contributed by atoms with Crippen molar-refractivity contribution in [1.82, 2.24) is 5.01 Å². The molecule has 0 saturated carbocycles. The third kappa shape index (κ3) is 1.10. The lowest BCUT2D eigenvalue weighted by atomic mass is 10.5. The van der Waals surface area contributed by atoms with E-state index in [2.05, 4.69) is 16.7 Å². The van der Waals surface area contributed by atoms with Crippen LogP contribution in [0.5, 0.6) is 0 Å². The van der Waals surface area contributed by atoms with Gasteiger partial charge >= 0.3 is 0 Å². The van der Waals surface area contributed by atoms with E-state index in [1.807, 2.05) is 0 Å². The van der Waals surface area contributed by atoms with Crippen LogP contribution in [0.1, 0.15) is 0 Å². The second-order valence-electron chi connectivity index (χ2n) is 1.62. The van der Waals surface area contributed by atoms with Crippen LogP contribution in [0.2, 0.25) is 0 Å². The number of rotatable bonds is 0. The van der Waals surface area contributed by atoms with Crippen LogP contribution in [0, 0.1) is 0 Å². The van der Waals surface area contributed by atoms with E-state index in [9.17, 15) is 0 Å². The molecule has 9 heavy (non-hydrogen) atoms. The fourth-order valence-corrected chi connectivity index (χ4v) is 0.598. The first-order valence-electron chi connectivity index (χ1n) is 2.40. The fourth-order valence-electron chi connectivity index (χ4n) is 0.432. The molecular formula is C5H6ClN3. The van der Waals surface area contributed by atoms with Gasteiger partial charge in [-0.15, -0.1) is 0 Å². The number of hydrazone groups is 1.